The molecule has 2 aromatic rings. The van der Waals surface area contributed by atoms with Gasteiger partial charge in [-0.3, -0.25) is 9.48 Å². The molecule has 0 aliphatic heterocycles. The number of nitrogens with one attached hydrogen (secondary N) is 2. The summed E-state index contributed by atoms with van der Waals surface area (Å²) in [6.45, 7) is 4.74. The number of halogens is 1. The molecular weight excluding hydrogens is 271 g/mol. The van der Waals surface area contributed by atoms with Gasteiger partial charge in [0.05, 0.1) is 11.9 Å². The predicted octanol–water partition coefficient (Wildman–Crippen LogP) is 2.87. The molecule has 0 spiro atoms. The van der Waals surface area contributed by atoms with Crippen molar-refractivity contribution in [3.8, 4) is 0 Å². The molecule has 1 atom stereocenters. The Bertz CT molecular complexity index is 594. The molecule has 1 aromatic heterocycles. The quantitative estimate of drug-likeness (QED) is 0.860. The average Bonchev–Trinajstić information content (AvgIpc) is 2.88. The Morgan fingerprint density at radius 2 is 2.05 bits per heavy atom. The van der Waals surface area contributed by atoms with Gasteiger partial charge >= 0.3 is 0 Å². The van der Waals surface area contributed by atoms with E-state index in [0.29, 0.717) is 12.1 Å². The monoisotopic (exact) mass is 290 g/mol. The number of benzene rings is 1. The summed E-state index contributed by atoms with van der Waals surface area (Å²) in [5.74, 6) is -0.444. The topological polar surface area (TPSA) is 59.0 Å². The van der Waals surface area contributed by atoms with Crippen LogP contribution < -0.4 is 10.6 Å². The molecule has 0 saturated carbocycles. The third-order valence-electron chi connectivity index (χ3n) is 2.99. The van der Waals surface area contributed by atoms with Gasteiger partial charge in [-0.05, 0) is 38.1 Å². The molecule has 2 N–H and O–H groups in total. The number of hydrogen-bond donors (Lipinski definition) is 2. The summed E-state index contributed by atoms with van der Waals surface area (Å²) in [6.07, 6.45) is 3.95. The first kappa shape index (κ1) is 15.0. The first-order valence-corrected chi connectivity index (χ1v) is 6.91. The summed E-state index contributed by atoms with van der Waals surface area (Å²) in [5.41, 5.74) is 1.48. The average molecular weight is 290 g/mol. The van der Waals surface area contributed by atoms with Gasteiger partial charge in [-0.15, -0.1) is 0 Å². The minimum Gasteiger partial charge on any atom is -0.380 e. The fraction of sp³-hybridized carbons (Fsp3) is 0.333. The zero-order valence-electron chi connectivity index (χ0n) is 12.1. The Morgan fingerprint density at radius 1 is 1.33 bits per heavy atom. The van der Waals surface area contributed by atoms with Crippen molar-refractivity contribution < 1.29 is 9.18 Å². The smallest absolute Gasteiger partial charge is 0.226 e. The van der Waals surface area contributed by atoms with E-state index in [-0.39, 0.29) is 17.8 Å². The van der Waals surface area contributed by atoms with Crippen molar-refractivity contribution >= 4 is 17.3 Å². The van der Waals surface area contributed by atoms with E-state index in [1.807, 2.05) is 24.7 Å². The zero-order valence-corrected chi connectivity index (χ0v) is 12.1. The number of carbonyl (C=O) groups is 1. The van der Waals surface area contributed by atoms with Crippen molar-refractivity contribution in [3.63, 3.8) is 0 Å². The zero-order chi connectivity index (χ0) is 15.2. The van der Waals surface area contributed by atoms with Crippen LogP contribution >= 0.6 is 0 Å². The maximum absolute atomic E-state index is 12.8. The van der Waals surface area contributed by atoms with Crippen LogP contribution in [0.1, 0.15) is 20.3 Å². The number of rotatable bonds is 6. The number of aryl methyl sites for hydroxylation is 1. The summed E-state index contributed by atoms with van der Waals surface area (Å²) >= 11 is 0. The lowest BCUT2D eigenvalue weighted by atomic mass is 10.2. The van der Waals surface area contributed by atoms with Crippen LogP contribution in [0, 0.1) is 5.82 Å². The molecule has 1 heterocycles. The van der Waals surface area contributed by atoms with E-state index in [1.54, 1.807) is 6.20 Å². The molecule has 0 radical (unpaired) electrons. The summed E-state index contributed by atoms with van der Waals surface area (Å²) in [7, 11) is 0. The molecule has 0 unspecified atom stereocenters. The lowest BCUT2D eigenvalue weighted by molar-refractivity contribution is -0.116. The maximum atomic E-state index is 12.8. The molecule has 5 nitrogen and oxygen atoms in total. The van der Waals surface area contributed by atoms with E-state index >= 15 is 0 Å². The summed E-state index contributed by atoms with van der Waals surface area (Å²) in [4.78, 5) is 11.9. The molecule has 0 saturated heterocycles. The fourth-order valence-corrected chi connectivity index (χ4v) is 1.97. The molecule has 112 valence electrons. The molecule has 2 rings (SSSR count). The van der Waals surface area contributed by atoms with Gasteiger partial charge < -0.3 is 10.6 Å². The highest BCUT2D eigenvalue weighted by molar-refractivity contribution is 5.91. The normalized spacial score (nSPS) is 12.0. The minimum absolute atomic E-state index is 0.0278. The van der Waals surface area contributed by atoms with Crippen LogP contribution in [0.2, 0.25) is 0 Å². The van der Waals surface area contributed by atoms with E-state index in [1.165, 1.54) is 24.3 Å². The van der Waals surface area contributed by atoms with Crippen molar-refractivity contribution in [2.24, 2.45) is 0 Å². The van der Waals surface area contributed by atoms with Gasteiger partial charge in [0.15, 0.2) is 0 Å². The Hall–Kier alpha value is -2.37. The third kappa shape index (κ3) is 4.59. The second-order valence-electron chi connectivity index (χ2n) is 4.89. The second-order valence-corrected chi connectivity index (χ2v) is 4.89. The van der Waals surface area contributed by atoms with Crippen LogP contribution in [-0.4, -0.2) is 21.7 Å². The molecule has 0 aliphatic rings. The molecule has 21 heavy (non-hydrogen) atoms. The van der Waals surface area contributed by atoms with E-state index in [2.05, 4.69) is 15.7 Å². The SMILES string of the molecule is CCn1cc(N[C@H](C)CC(=O)Nc2ccc(F)cc2)cn1. The van der Waals surface area contributed by atoms with Gasteiger partial charge in [-0.2, -0.15) is 5.10 Å². The van der Waals surface area contributed by atoms with Gasteiger partial charge in [0.2, 0.25) is 5.91 Å². The molecular formula is C15H19FN4O. The second kappa shape index (κ2) is 6.88. The van der Waals surface area contributed by atoms with E-state index < -0.39 is 0 Å². The first-order valence-electron chi connectivity index (χ1n) is 6.91. The van der Waals surface area contributed by atoms with Crippen molar-refractivity contribution in [2.45, 2.75) is 32.9 Å². The maximum Gasteiger partial charge on any atom is 0.226 e. The van der Waals surface area contributed by atoms with Crippen LogP contribution in [0.3, 0.4) is 0 Å². The van der Waals surface area contributed by atoms with Crippen molar-refractivity contribution in [3.05, 3.63) is 42.5 Å². The number of carbonyl (C=O) groups excluding carboxylic acids is 1. The summed E-state index contributed by atoms with van der Waals surface area (Å²) < 4.78 is 14.6. The largest absolute Gasteiger partial charge is 0.380 e. The van der Waals surface area contributed by atoms with Gasteiger partial charge in [0, 0.05) is 30.9 Å². The Morgan fingerprint density at radius 3 is 2.67 bits per heavy atom. The highest BCUT2D eigenvalue weighted by Crippen LogP contribution is 2.11. The van der Waals surface area contributed by atoms with E-state index in [9.17, 15) is 9.18 Å². The van der Waals surface area contributed by atoms with Crippen molar-refractivity contribution in [1.29, 1.82) is 0 Å². The lowest BCUT2D eigenvalue weighted by Gasteiger charge is -2.13. The van der Waals surface area contributed by atoms with Crippen LogP contribution in [0.15, 0.2) is 36.7 Å². The standard InChI is InChI=1S/C15H19FN4O/c1-3-20-10-14(9-17-20)18-11(2)8-15(21)19-13-6-4-12(16)5-7-13/h4-7,9-11,18H,3,8H2,1-2H3,(H,19,21)/t11-/m1/s1. The van der Waals surface area contributed by atoms with E-state index in [4.69, 9.17) is 0 Å². The van der Waals surface area contributed by atoms with Crippen LogP contribution in [0.5, 0.6) is 0 Å². The highest BCUT2D eigenvalue weighted by Gasteiger charge is 2.10. The fourth-order valence-electron chi connectivity index (χ4n) is 1.97. The summed E-state index contributed by atoms with van der Waals surface area (Å²) in [5, 5.41) is 10.1. The van der Waals surface area contributed by atoms with Gasteiger partial charge in [0.1, 0.15) is 5.82 Å². The minimum atomic E-state index is -0.323. The third-order valence-corrected chi connectivity index (χ3v) is 2.99. The molecule has 1 aromatic carbocycles. The molecule has 0 aliphatic carbocycles. The van der Waals surface area contributed by atoms with E-state index in [0.717, 1.165) is 12.2 Å². The van der Waals surface area contributed by atoms with Crippen molar-refractivity contribution in [2.75, 3.05) is 10.6 Å². The van der Waals surface area contributed by atoms with Crippen LogP contribution in [0.4, 0.5) is 15.8 Å². The Labute approximate surface area is 123 Å². The van der Waals surface area contributed by atoms with Crippen LogP contribution in [-0.2, 0) is 11.3 Å². The first-order chi connectivity index (χ1) is 10.1. The van der Waals surface area contributed by atoms with Crippen LogP contribution in [0.25, 0.3) is 0 Å². The highest BCUT2D eigenvalue weighted by atomic mass is 19.1. The predicted molar refractivity (Wildman–Crippen MR) is 80.6 cm³/mol. The number of nitrogens with zero attached hydrogens (tertiary/aromatic N) is 2. The molecule has 1 amide bonds. The van der Waals surface area contributed by atoms with Gasteiger partial charge in [-0.1, -0.05) is 0 Å². The Kier molecular flexibility index (Phi) is 4.92. The Balaban J connectivity index is 1.82. The van der Waals surface area contributed by atoms with Gasteiger partial charge in [-0.25, -0.2) is 4.39 Å². The molecule has 0 bridgehead atoms. The number of aromatic nitrogens is 2. The van der Waals surface area contributed by atoms with Crippen molar-refractivity contribution in [1.82, 2.24) is 9.78 Å². The number of hydrogen-bond acceptors (Lipinski definition) is 3. The molecule has 0 fully saturated rings. The number of anilines is 2. The number of amides is 1. The van der Waals surface area contributed by atoms with Gasteiger partial charge in [0.25, 0.3) is 0 Å². The lowest BCUT2D eigenvalue weighted by Crippen LogP contribution is -2.23. The molecule has 6 heteroatoms. The summed E-state index contributed by atoms with van der Waals surface area (Å²) in [6, 6.07) is 5.68.